The summed E-state index contributed by atoms with van der Waals surface area (Å²) >= 11 is 11.4. The highest BCUT2D eigenvalue weighted by Gasteiger charge is 2.35. The number of halogens is 1. The van der Waals surface area contributed by atoms with E-state index in [0.717, 1.165) is 11.1 Å². The maximum Gasteiger partial charge on any atom is 0.265 e. The lowest BCUT2D eigenvalue weighted by molar-refractivity contribution is -0.132. The smallest absolute Gasteiger partial charge is 0.265 e. The van der Waals surface area contributed by atoms with Crippen LogP contribution in [0.3, 0.4) is 0 Å². The van der Waals surface area contributed by atoms with Gasteiger partial charge in [-0.1, -0.05) is 35.9 Å². The maximum atomic E-state index is 12.7. The van der Waals surface area contributed by atoms with Crippen molar-refractivity contribution in [1.82, 2.24) is 9.80 Å². The minimum atomic E-state index is -0.457. The first kappa shape index (κ1) is 23.5. The molecule has 1 heterocycles. The van der Waals surface area contributed by atoms with Crippen molar-refractivity contribution in [1.29, 1.82) is 0 Å². The molecule has 0 unspecified atom stereocenters. The Morgan fingerprint density at radius 2 is 1.75 bits per heavy atom. The van der Waals surface area contributed by atoms with Gasteiger partial charge in [0.2, 0.25) is 0 Å². The molecule has 0 atom stereocenters. The minimum absolute atomic E-state index is 0.0138. The molecule has 0 aliphatic carbocycles. The highest BCUT2D eigenvalue weighted by molar-refractivity contribution is 7.80. The van der Waals surface area contributed by atoms with E-state index in [2.05, 4.69) is 6.58 Å². The molecule has 8 heteroatoms. The summed E-state index contributed by atoms with van der Waals surface area (Å²) < 4.78 is 11.6. The molecule has 166 valence electrons. The molecule has 2 amide bonds. The van der Waals surface area contributed by atoms with Gasteiger partial charge in [-0.2, -0.15) is 0 Å². The number of allylic oxidation sites excluding steroid dienone is 1. The number of hydrogen-bond donors (Lipinski definition) is 0. The molecule has 0 aromatic heterocycles. The molecular formula is C24H23ClN2O4S. The van der Waals surface area contributed by atoms with E-state index >= 15 is 0 Å². The molecule has 3 rings (SSSR count). The second-order valence-electron chi connectivity index (χ2n) is 7.15. The molecule has 0 bridgehead atoms. The number of carbonyl (C=O) groups excluding carboxylic acids is 2. The zero-order valence-corrected chi connectivity index (χ0v) is 19.6. The van der Waals surface area contributed by atoms with E-state index in [1.165, 1.54) is 37.1 Å². The Morgan fingerprint density at radius 1 is 1.09 bits per heavy atom. The molecule has 2 aromatic rings. The number of nitrogens with zero attached hydrogens (tertiary/aromatic N) is 2. The summed E-state index contributed by atoms with van der Waals surface area (Å²) in [6.45, 7) is 4.07. The van der Waals surface area contributed by atoms with Gasteiger partial charge < -0.3 is 9.47 Å². The second-order valence-corrected chi connectivity index (χ2v) is 7.93. The maximum absolute atomic E-state index is 12.7. The van der Waals surface area contributed by atoms with Crippen LogP contribution in [0.4, 0.5) is 0 Å². The van der Waals surface area contributed by atoms with Crippen molar-refractivity contribution in [3.63, 3.8) is 0 Å². The molecular weight excluding hydrogens is 448 g/mol. The van der Waals surface area contributed by atoms with Crippen molar-refractivity contribution in [2.24, 2.45) is 0 Å². The normalized spacial score (nSPS) is 14.0. The number of methoxy groups -OCH3 is 1. The molecule has 32 heavy (non-hydrogen) atoms. The van der Waals surface area contributed by atoms with E-state index in [4.69, 9.17) is 33.3 Å². The molecule has 0 spiro atoms. The van der Waals surface area contributed by atoms with E-state index in [-0.39, 0.29) is 17.3 Å². The largest absolute Gasteiger partial charge is 0.493 e. The summed E-state index contributed by atoms with van der Waals surface area (Å²) in [4.78, 5) is 27.9. The lowest BCUT2D eigenvalue weighted by Gasteiger charge is -2.31. The number of rotatable bonds is 7. The Balaban J connectivity index is 2.01. The quantitative estimate of drug-likeness (QED) is 0.262. The Morgan fingerprint density at radius 3 is 2.34 bits per heavy atom. The molecule has 1 aliphatic rings. The standard InChI is InChI=1S/C24H23ClN2O4S/c1-5-8-16-11-15(12-18-22(28)26(2)24(32)27(3)23(18)29)13-20(30-4)21(16)31-14-17-9-6-7-10-19(17)25/h5-7,9-13H,1,8,14H2,2-4H3. The van der Waals surface area contributed by atoms with Gasteiger partial charge in [0.1, 0.15) is 12.2 Å². The fraction of sp³-hybridized carbons (Fsp3) is 0.208. The van der Waals surface area contributed by atoms with Crippen LogP contribution in [-0.4, -0.2) is 47.9 Å². The average molecular weight is 471 g/mol. The number of ether oxygens (including phenoxy) is 2. The number of hydrogen-bond acceptors (Lipinski definition) is 5. The molecule has 0 N–H and O–H groups in total. The highest BCUT2D eigenvalue weighted by atomic mass is 35.5. The first-order valence-electron chi connectivity index (χ1n) is 9.78. The minimum Gasteiger partial charge on any atom is -0.493 e. The van der Waals surface area contributed by atoms with Crippen LogP contribution < -0.4 is 9.47 Å². The van der Waals surface area contributed by atoms with Crippen molar-refractivity contribution in [2.75, 3.05) is 21.2 Å². The molecule has 1 fully saturated rings. The lowest BCUT2D eigenvalue weighted by atomic mass is 10.0. The third kappa shape index (κ3) is 4.69. The van der Waals surface area contributed by atoms with E-state index < -0.39 is 11.8 Å². The number of thiocarbonyl (C=S) groups is 1. The molecule has 1 aliphatic heterocycles. The molecule has 1 saturated heterocycles. The third-order valence-electron chi connectivity index (χ3n) is 5.02. The van der Waals surface area contributed by atoms with Gasteiger partial charge in [0, 0.05) is 30.2 Å². The van der Waals surface area contributed by atoms with Gasteiger partial charge in [0.15, 0.2) is 16.6 Å². The summed E-state index contributed by atoms with van der Waals surface area (Å²) in [7, 11) is 4.61. The topological polar surface area (TPSA) is 59.1 Å². The fourth-order valence-corrected chi connectivity index (χ4v) is 3.65. The highest BCUT2D eigenvalue weighted by Crippen LogP contribution is 2.35. The van der Waals surface area contributed by atoms with Crippen molar-refractivity contribution >= 4 is 46.8 Å². The SMILES string of the molecule is C=CCc1cc(C=C2C(=O)N(C)C(=S)N(C)C2=O)cc(OC)c1OCc1ccccc1Cl. The second kappa shape index (κ2) is 9.97. The van der Waals surface area contributed by atoms with Crippen LogP contribution in [-0.2, 0) is 22.6 Å². The predicted molar refractivity (Wildman–Crippen MR) is 129 cm³/mol. The Kier molecular flexibility index (Phi) is 7.33. The van der Waals surface area contributed by atoms with Gasteiger partial charge in [0.05, 0.1) is 7.11 Å². The summed E-state index contributed by atoms with van der Waals surface area (Å²) in [6.07, 6.45) is 3.77. The summed E-state index contributed by atoms with van der Waals surface area (Å²) in [5, 5.41) is 0.768. The van der Waals surface area contributed by atoms with Gasteiger partial charge in [-0.15, -0.1) is 6.58 Å². The average Bonchev–Trinajstić information content (AvgIpc) is 2.79. The van der Waals surface area contributed by atoms with E-state index in [1.54, 1.807) is 18.2 Å². The monoisotopic (exact) mass is 470 g/mol. The van der Waals surface area contributed by atoms with Crippen LogP contribution in [0, 0.1) is 0 Å². The van der Waals surface area contributed by atoms with Gasteiger partial charge >= 0.3 is 0 Å². The van der Waals surface area contributed by atoms with E-state index in [1.807, 2.05) is 24.3 Å². The number of likely N-dealkylation sites (N-methyl/N-ethyl adjacent to an activating group) is 2. The first-order valence-corrected chi connectivity index (χ1v) is 10.6. The Bertz CT molecular complexity index is 1100. The fourth-order valence-electron chi connectivity index (χ4n) is 3.30. The van der Waals surface area contributed by atoms with Crippen molar-refractivity contribution < 1.29 is 19.1 Å². The summed E-state index contributed by atoms with van der Waals surface area (Å²) in [5.74, 6) is 0.102. The van der Waals surface area contributed by atoms with Crippen molar-refractivity contribution in [3.8, 4) is 11.5 Å². The van der Waals surface area contributed by atoms with Crippen LogP contribution in [0.1, 0.15) is 16.7 Å². The van der Waals surface area contributed by atoms with Crippen LogP contribution in [0.5, 0.6) is 11.5 Å². The first-order chi connectivity index (χ1) is 15.3. The van der Waals surface area contributed by atoms with Crippen LogP contribution >= 0.6 is 23.8 Å². The molecule has 0 radical (unpaired) electrons. The van der Waals surface area contributed by atoms with Crippen LogP contribution in [0.2, 0.25) is 5.02 Å². The number of carbonyl (C=O) groups is 2. The summed E-state index contributed by atoms with van der Waals surface area (Å²) in [5.41, 5.74) is 2.27. The molecule has 0 saturated carbocycles. The predicted octanol–water partition coefficient (Wildman–Crippen LogP) is 4.25. The zero-order valence-electron chi connectivity index (χ0n) is 18.1. The van der Waals surface area contributed by atoms with E-state index in [9.17, 15) is 9.59 Å². The number of benzene rings is 2. The lowest BCUT2D eigenvalue weighted by Crippen LogP contribution is -2.52. The van der Waals surface area contributed by atoms with Crippen LogP contribution in [0.15, 0.2) is 54.6 Å². The molecule has 2 aromatic carbocycles. The summed E-state index contributed by atoms with van der Waals surface area (Å²) in [6, 6.07) is 11.0. The molecule has 6 nitrogen and oxygen atoms in total. The van der Waals surface area contributed by atoms with Crippen molar-refractivity contribution in [2.45, 2.75) is 13.0 Å². The third-order valence-corrected chi connectivity index (χ3v) is 5.94. The van der Waals surface area contributed by atoms with Crippen molar-refractivity contribution in [3.05, 3.63) is 76.3 Å². The van der Waals surface area contributed by atoms with Gasteiger partial charge in [-0.3, -0.25) is 19.4 Å². The van der Waals surface area contributed by atoms with Gasteiger partial charge in [0.25, 0.3) is 11.8 Å². The Hall–Kier alpha value is -3.16. The van der Waals surface area contributed by atoms with Crippen LogP contribution in [0.25, 0.3) is 6.08 Å². The van der Waals surface area contributed by atoms with E-state index in [0.29, 0.717) is 28.5 Å². The van der Waals surface area contributed by atoms with Gasteiger partial charge in [-0.25, -0.2) is 0 Å². The zero-order chi connectivity index (χ0) is 23.4. The number of amides is 2. The Labute approximate surface area is 197 Å². The van der Waals surface area contributed by atoms with Gasteiger partial charge in [-0.05, 0) is 48.5 Å².